The van der Waals surface area contributed by atoms with Crippen molar-refractivity contribution in [2.45, 2.75) is 39.2 Å². The average Bonchev–Trinajstić information content (AvgIpc) is 2.49. The minimum absolute atomic E-state index is 0.260. The summed E-state index contributed by atoms with van der Waals surface area (Å²) in [5, 5.41) is 0. The first kappa shape index (κ1) is 11.1. The molecule has 0 atom stereocenters. The number of likely N-dealkylation sites (tertiary alicyclic amines) is 1. The quantitative estimate of drug-likeness (QED) is 0.500. The van der Waals surface area contributed by atoms with Crippen LogP contribution in [0, 0.1) is 0 Å². The van der Waals surface area contributed by atoms with E-state index in [9.17, 15) is 4.79 Å². The van der Waals surface area contributed by atoms with Gasteiger partial charge in [0.1, 0.15) is 5.60 Å². The average molecular weight is 197 g/mol. The van der Waals surface area contributed by atoms with E-state index in [0.717, 1.165) is 13.1 Å². The maximum Gasteiger partial charge on any atom is 0.332 e. The molecule has 1 rings (SSSR count). The summed E-state index contributed by atoms with van der Waals surface area (Å²) in [6.07, 6.45) is 5.79. The van der Waals surface area contributed by atoms with Gasteiger partial charge in [0.05, 0.1) is 0 Å². The summed E-state index contributed by atoms with van der Waals surface area (Å²) in [7, 11) is 0. The van der Waals surface area contributed by atoms with E-state index in [4.69, 9.17) is 4.74 Å². The van der Waals surface area contributed by atoms with Gasteiger partial charge >= 0.3 is 5.97 Å². The predicted molar refractivity (Wildman–Crippen MR) is 55.8 cm³/mol. The molecule has 3 heteroatoms. The first-order chi connectivity index (χ1) is 6.47. The van der Waals surface area contributed by atoms with Gasteiger partial charge < -0.3 is 9.64 Å². The van der Waals surface area contributed by atoms with Crippen LogP contribution in [0.15, 0.2) is 12.3 Å². The zero-order valence-electron chi connectivity index (χ0n) is 9.25. The van der Waals surface area contributed by atoms with Crippen molar-refractivity contribution in [1.82, 2.24) is 4.90 Å². The van der Waals surface area contributed by atoms with E-state index in [-0.39, 0.29) is 5.97 Å². The Hall–Kier alpha value is -0.990. The van der Waals surface area contributed by atoms with Gasteiger partial charge in [-0.1, -0.05) is 0 Å². The number of carbonyl (C=O) groups excluding carboxylic acids is 1. The lowest BCUT2D eigenvalue weighted by Gasteiger charge is -2.18. The summed E-state index contributed by atoms with van der Waals surface area (Å²) in [4.78, 5) is 13.4. The highest BCUT2D eigenvalue weighted by Crippen LogP contribution is 2.09. The van der Waals surface area contributed by atoms with Crippen LogP contribution in [-0.2, 0) is 9.53 Å². The van der Waals surface area contributed by atoms with Crippen LogP contribution < -0.4 is 0 Å². The molecule has 0 aromatic heterocycles. The van der Waals surface area contributed by atoms with E-state index in [1.807, 2.05) is 27.0 Å². The second-order valence-corrected chi connectivity index (χ2v) is 4.59. The summed E-state index contributed by atoms with van der Waals surface area (Å²) in [5.74, 6) is -0.260. The Morgan fingerprint density at radius 1 is 1.29 bits per heavy atom. The minimum atomic E-state index is -0.396. The Labute approximate surface area is 85.7 Å². The largest absolute Gasteiger partial charge is 0.457 e. The van der Waals surface area contributed by atoms with Gasteiger partial charge in [0.2, 0.25) is 0 Å². The lowest BCUT2D eigenvalue weighted by molar-refractivity contribution is -0.148. The summed E-state index contributed by atoms with van der Waals surface area (Å²) >= 11 is 0. The predicted octanol–water partition coefficient (Wildman–Crippen LogP) is 1.94. The van der Waals surface area contributed by atoms with Crippen LogP contribution in [0.25, 0.3) is 0 Å². The van der Waals surface area contributed by atoms with Crippen LogP contribution in [-0.4, -0.2) is 29.6 Å². The van der Waals surface area contributed by atoms with Crippen molar-refractivity contribution in [2.24, 2.45) is 0 Å². The van der Waals surface area contributed by atoms with Gasteiger partial charge in [-0.2, -0.15) is 0 Å². The van der Waals surface area contributed by atoms with Crippen molar-refractivity contribution >= 4 is 5.97 Å². The third kappa shape index (κ3) is 4.30. The number of hydrogen-bond donors (Lipinski definition) is 0. The van der Waals surface area contributed by atoms with E-state index in [2.05, 4.69) is 4.90 Å². The van der Waals surface area contributed by atoms with E-state index >= 15 is 0 Å². The molecule has 0 aromatic rings. The molecule has 0 N–H and O–H groups in total. The Kier molecular flexibility index (Phi) is 3.55. The van der Waals surface area contributed by atoms with Crippen LogP contribution in [0.4, 0.5) is 0 Å². The molecular weight excluding hydrogens is 178 g/mol. The molecule has 0 bridgehead atoms. The Morgan fingerprint density at radius 3 is 2.36 bits per heavy atom. The molecule has 0 aromatic carbocycles. The van der Waals surface area contributed by atoms with Crippen LogP contribution in [0.1, 0.15) is 33.6 Å². The number of carbonyl (C=O) groups is 1. The molecule has 0 amide bonds. The maximum atomic E-state index is 11.3. The monoisotopic (exact) mass is 197 g/mol. The van der Waals surface area contributed by atoms with Gasteiger partial charge in [0.25, 0.3) is 0 Å². The fourth-order valence-electron chi connectivity index (χ4n) is 1.39. The van der Waals surface area contributed by atoms with Crippen LogP contribution in [0.3, 0.4) is 0 Å². The fourth-order valence-corrected chi connectivity index (χ4v) is 1.39. The molecule has 0 radical (unpaired) electrons. The number of rotatable bonds is 2. The van der Waals surface area contributed by atoms with E-state index in [0.29, 0.717) is 0 Å². The highest BCUT2D eigenvalue weighted by Gasteiger charge is 2.14. The lowest BCUT2D eigenvalue weighted by atomic mass is 10.2. The fraction of sp³-hybridized carbons (Fsp3) is 0.727. The molecule has 1 fully saturated rings. The summed E-state index contributed by atoms with van der Waals surface area (Å²) in [6.45, 7) is 7.72. The van der Waals surface area contributed by atoms with Gasteiger partial charge in [0.15, 0.2) is 0 Å². The first-order valence-electron chi connectivity index (χ1n) is 5.13. The van der Waals surface area contributed by atoms with Gasteiger partial charge in [-0.25, -0.2) is 4.79 Å². The van der Waals surface area contributed by atoms with E-state index in [1.54, 1.807) is 0 Å². The number of ether oxygens (including phenoxy) is 1. The molecule has 14 heavy (non-hydrogen) atoms. The summed E-state index contributed by atoms with van der Waals surface area (Å²) < 4.78 is 5.15. The number of esters is 1. The molecular formula is C11H19NO2. The highest BCUT2D eigenvalue weighted by atomic mass is 16.6. The van der Waals surface area contributed by atoms with Crippen molar-refractivity contribution in [2.75, 3.05) is 13.1 Å². The van der Waals surface area contributed by atoms with Crippen molar-refractivity contribution in [3.63, 3.8) is 0 Å². The third-order valence-electron chi connectivity index (χ3n) is 1.97. The molecule has 3 nitrogen and oxygen atoms in total. The van der Waals surface area contributed by atoms with E-state index < -0.39 is 5.60 Å². The molecule has 1 saturated heterocycles. The van der Waals surface area contributed by atoms with E-state index in [1.165, 1.54) is 18.9 Å². The minimum Gasteiger partial charge on any atom is -0.457 e. The van der Waals surface area contributed by atoms with Crippen LogP contribution in [0.2, 0.25) is 0 Å². The molecule has 0 aliphatic carbocycles. The van der Waals surface area contributed by atoms with Crippen molar-refractivity contribution in [3.05, 3.63) is 12.3 Å². The molecule has 1 heterocycles. The van der Waals surface area contributed by atoms with Crippen molar-refractivity contribution < 1.29 is 9.53 Å². The zero-order valence-corrected chi connectivity index (χ0v) is 9.25. The number of hydrogen-bond acceptors (Lipinski definition) is 3. The SMILES string of the molecule is CC(C)(C)OC(=O)C=CN1CCCC1. The van der Waals surface area contributed by atoms with Gasteiger partial charge in [-0.05, 0) is 33.6 Å². The molecule has 0 unspecified atom stereocenters. The van der Waals surface area contributed by atoms with Crippen molar-refractivity contribution in [3.8, 4) is 0 Å². The summed E-state index contributed by atoms with van der Waals surface area (Å²) in [6, 6.07) is 0. The second-order valence-electron chi connectivity index (χ2n) is 4.59. The molecule has 1 aliphatic rings. The Balaban J connectivity index is 2.32. The Morgan fingerprint density at radius 2 is 1.86 bits per heavy atom. The molecule has 0 saturated carbocycles. The summed E-state index contributed by atoms with van der Waals surface area (Å²) in [5.41, 5.74) is -0.396. The molecule has 80 valence electrons. The Bertz CT molecular complexity index is 222. The maximum absolute atomic E-state index is 11.3. The van der Waals surface area contributed by atoms with Crippen LogP contribution >= 0.6 is 0 Å². The molecule has 1 aliphatic heterocycles. The second kappa shape index (κ2) is 4.49. The first-order valence-corrected chi connectivity index (χ1v) is 5.13. The normalized spacial score (nSPS) is 17.8. The molecule has 0 spiro atoms. The topological polar surface area (TPSA) is 29.5 Å². The van der Waals surface area contributed by atoms with Crippen LogP contribution in [0.5, 0.6) is 0 Å². The highest BCUT2D eigenvalue weighted by molar-refractivity contribution is 5.82. The van der Waals surface area contributed by atoms with Crippen molar-refractivity contribution in [1.29, 1.82) is 0 Å². The van der Waals surface area contributed by atoms with Gasteiger partial charge in [-0.15, -0.1) is 0 Å². The van der Waals surface area contributed by atoms with Gasteiger partial charge in [0, 0.05) is 25.4 Å². The van der Waals surface area contributed by atoms with Gasteiger partial charge in [-0.3, -0.25) is 0 Å². The number of nitrogens with zero attached hydrogens (tertiary/aromatic N) is 1. The third-order valence-corrected chi connectivity index (χ3v) is 1.97. The smallest absolute Gasteiger partial charge is 0.332 e. The zero-order chi connectivity index (χ0) is 10.6. The standard InChI is InChI=1S/C11H19NO2/c1-11(2,3)14-10(13)6-9-12-7-4-5-8-12/h6,9H,4-5,7-8H2,1-3H3. The lowest BCUT2D eigenvalue weighted by Crippen LogP contribution is -2.23.